The summed E-state index contributed by atoms with van der Waals surface area (Å²) in [7, 11) is 3.45. The van der Waals surface area contributed by atoms with Gasteiger partial charge in [-0.2, -0.15) is 5.10 Å². The molecule has 2 aromatic rings. The van der Waals surface area contributed by atoms with E-state index in [1.807, 2.05) is 26.1 Å². The molecule has 5 heteroatoms. The average molecular weight is 232 g/mol. The van der Waals surface area contributed by atoms with E-state index in [-0.39, 0.29) is 6.04 Å². The van der Waals surface area contributed by atoms with E-state index >= 15 is 0 Å². The Kier molecular flexibility index (Phi) is 3.10. The van der Waals surface area contributed by atoms with E-state index in [1.165, 1.54) is 0 Å². The topological polar surface area (TPSA) is 66.0 Å². The van der Waals surface area contributed by atoms with Crippen LogP contribution >= 0.6 is 0 Å². The molecule has 2 heterocycles. The van der Waals surface area contributed by atoms with Crippen molar-refractivity contribution in [2.24, 2.45) is 12.8 Å². The monoisotopic (exact) mass is 232 g/mol. The molecule has 2 N–H and O–H groups in total. The maximum atomic E-state index is 6.24. The molecule has 0 spiro atoms. The highest BCUT2D eigenvalue weighted by Gasteiger charge is 2.20. The fraction of sp³-hybridized carbons (Fsp3) is 0.333. The third-order valence-electron chi connectivity index (χ3n) is 2.81. The average Bonchev–Trinajstić information content (AvgIpc) is 2.70. The summed E-state index contributed by atoms with van der Waals surface area (Å²) in [6.45, 7) is 1.99. The van der Waals surface area contributed by atoms with Crippen LogP contribution in [0.5, 0.6) is 5.75 Å². The van der Waals surface area contributed by atoms with Gasteiger partial charge in [0.25, 0.3) is 0 Å². The number of rotatable bonds is 3. The van der Waals surface area contributed by atoms with Gasteiger partial charge in [0, 0.05) is 13.2 Å². The van der Waals surface area contributed by atoms with E-state index < -0.39 is 0 Å². The lowest BCUT2D eigenvalue weighted by atomic mass is 10.1. The van der Waals surface area contributed by atoms with Crippen LogP contribution in [0.15, 0.2) is 24.5 Å². The third-order valence-corrected chi connectivity index (χ3v) is 2.81. The SMILES string of the molecule is COc1cnn(C)c1C(N)c1ncccc1C. The number of ether oxygens (including phenoxy) is 1. The van der Waals surface area contributed by atoms with Crippen molar-refractivity contribution in [1.29, 1.82) is 0 Å². The molecule has 1 unspecified atom stereocenters. The summed E-state index contributed by atoms with van der Waals surface area (Å²) < 4.78 is 6.98. The summed E-state index contributed by atoms with van der Waals surface area (Å²) in [5.41, 5.74) is 8.96. The highest BCUT2D eigenvalue weighted by Crippen LogP contribution is 2.27. The number of methoxy groups -OCH3 is 1. The molecule has 0 aliphatic heterocycles. The molecule has 1 atom stereocenters. The lowest BCUT2D eigenvalue weighted by Crippen LogP contribution is -2.19. The molecule has 0 saturated heterocycles. The Morgan fingerprint density at radius 3 is 2.88 bits per heavy atom. The number of hydrogen-bond donors (Lipinski definition) is 1. The van der Waals surface area contributed by atoms with Crippen LogP contribution in [0.25, 0.3) is 0 Å². The molecular formula is C12H16N4O. The summed E-state index contributed by atoms with van der Waals surface area (Å²) in [6.07, 6.45) is 3.40. The molecule has 90 valence electrons. The van der Waals surface area contributed by atoms with Gasteiger partial charge in [-0.15, -0.1) is 0 Å². The minimum atomic E-state index is -0.335. The molecule has 0 aliphatic rings. The van der Waals surface area contributed by atoms with Gasteiger partial charge in [-0.3, -0.25) is 9.67 Å². The van der Waals surface area contributed by atoms with Gasteiger partial charge >= 0.3 is 0 Å². The number of nitrogens with zero attached hydrogens (tertiary/aromatic N) is 3. The van der Waals surface area contributed by atoms with Gasteiger partial charge < -0.3 is 10.5 Å². The zero-order chi connectivity index (χ0) is 12.4. The van der Waals surface area contributed by atoms with Gasteiger partial charge in [-0.1, -0.05) is 6.07 Å². The quantitative estimate of drug-likeness (QED) is 0.863. The predicted molar refractivity (Wildman–Crippen MR) is 64.8 cm³/mol. The first-order valence-corrected chi connectivity index (χ1v) is 5.38. The normalized spacial score (nSPS) is 12.5. The van der Waals surface area contributed by atoms with Crippen LogP contribution in [-0.4, -0.2) is 21.9 Å². The first-order valence-electron chi connectivity index (χ1n) is 5.38. The second kappa shape index (κ2) is 4.55. The molecular weight excluding hydrogens is 216 g/mol. The van der Waals surface area contributed by atoms with Crippen LogP contribution in [0.3, 0.4) is 0 Å². The van der Waals surface area contributed by atoms with E-state index in [2.05, 4.69) is 10.1 Å². The molecule has 0 radical (unpaired) electrons. The van der Waals surface area contributed by atoms with E-state index in [4.69, 9.17) is 10.5 Å². The molecule has 0 fully saturated rings. The molecule has 0 bridgehead atoms. The first-order chi connectivity index (χ1) is 8.15. The molecule has 5 nitrogen and oxygen atoms in total. The van der Waals surface area contributed by atoms with Crippen LogP contribution in [0, 0.1) is 6.92 Å². The highest BCUT2D eigenvalue weighted by atomic mass is 16.5. The smallest absolute Gasteiger partial charge is 0.161 e. The zero-order valence-corrected chi connectivity index (χ0v) is 10.2. The number of nitrogens with two attached hydrogens (primary N) is 1. The fourth-order valence-corrected chi connectivity index (χ4v) is 1.89. The van der Waals surface area contributed by atoms with Crippen molar-refractivity contribution in [2.75, 3.05) is 7.11 Å². The summed E-state index contributed by atoms with van der Waals surface area (Å²) in [4.78, 5) is 4.33. The number of pyridine rings is 1. The van der Waals surface area contributed by atoms with Gasteiger partial charge in [0.15, 0.2) is 5.75 Å². The van der Waals surface area contributed by atoms with Crippen molar-refractivity contribution >= 4 is 0 Å². The lowest BCUT2D eigenvalue weighted by molar-refractivity contribution is 0.405. The molecule has 2 rings (SSSR count). The van der Waals surface area contributed by atoms with Crippen molar-refractivity contribution in [3.05, 3.63) is 41.5 Å². The van der Waals surface area contributed by atoms with Crippen LogP contribution in [-0.2, 0) is 7.05 Å². The van der Waals surface area contributed by atoms with Gasteiger partial charge in [0.2, 0.25) is 0 Å². The standard InChI is InChI=1S/C12H16N4O/c1-8-5-4-6-14-11(8)10(13)12-9(17-3)7-15-16(12)2/h4-7,10H,13H2,1-3H3. The summed E-state index contributed by atoms with van der Waals surface area (Å²) in [5, 5.41) is 4.15. The Balaban J connectivity index is 2.47. The Labute approximate surface area is 100 Å². The van der Waals surface area contributed by atoms with Gasteiger partial charge in [-0.25, -0.2) is 0 Å². The van der Waals surface area contributed by atoms with Crippen LogP contribution in [0.1, 0.15) is 23.0 Å². The lowest BCUT2D eigenvalue weighted by Gasteiger charge is -2.15. The summed E-state index contributed by atoms with van der Waals surface area (Å²) >= 11 is 0. The number of aryl methyl sites for hydroxylation is 2. The van der Waals surface area contributed by atoms with Crippen molar-refractivity contribution in [1.82, 2.24) is 14.8 Å². The molecule has 17 heavy (non-hydrogen) atoms. The summed E-state index contributed by atoms with van der Waals surface area (Å²) in [6, 6.07) is 3.55. The Bertz CT molecular complexity index is 521. The number of aromatic nitrogens is 3. The van der Waals surface area contributed by atoms with E-state index in [1.54, 1.807) is 24.2 Å². The van der Waals surface area contributed by atoms with Crippen LogP contribution < -0.4 is 10.5 Å². The maximum Gasteiger partial charge on any atom is 0.161 e. The van der Waals surface area contributed by atoms with Crippen molar-refractivity contribution in [2.45, 2.75) is 13.0 Å². The minimum absolute atomic E-state index is 0.335. The van der Waals surface area contributed by atoms with Gasteiger partial charge in [0.05, 0.1) is 25.0 Å². The zero-order valence-electron chi connectivity index (χ0n) is 10.2. The second-order valence-electron chi connectivity index (χ2n) is 3.91. The molecule has 0 saturated carbocycles. The number of hydrogen-bond acceptors (Lipinski definition) is 4. The molecule has 0 aliphatic carbocycles. The first kappa shape index (κ1) is 11.6. The third kappa shape index (κ3) is 2.01. The van der Waals surface area contributed by atoms with Gasteiger partial charge in [-0.05, 0) is 18.6 Å². The maximum absolute atomic E-state index is 6.24. The molecule has 0 aromatic carbocycles. The molecule has 0 amide bonds. The fourth-order valence-electron chi connectivity index (χ4n) is 1.89. The molecule has 2 aromatic heterocycles. The predicted octanol–water partition coefficient (Wildman–Crippen LogP) is 1.18. The second-order valence-corrected chi connectivity index (χ2v) is 3.91. The Hall–Kier alpha value is -1.88. The van der Waals surface area contributed by atoms with E-state index in [0.29, 0.717) is 5.75 Å². The van der Waals surface area contributed by atoms with E-state index in [9.17, 15) is 0 Å². The Morgan fingerprint density at radius 2 is 2.24 bits per heavy atom. The largest absolute Gasteiger partial charge is 0.493 e. The van der Waals surface area contributed by atoms with Crippen LogP contribution in [0.2, 0.25) is 0 Å². The Morgan fingerprint density at radius 1 is 1.47 bits per heavy atom. The van der Waals surface area contributed by atoms with Crippen molar-refractivity contribution in [3.63, 3.8) is 0 Å². The van der Waals surface area contributed by atoms with Crippen molar-refractivity contribution in [3.8, 4) is 5.75 Å². The minimum Gasteiger partial charge on any atom is -0.493 e. The van der Waals surface area contributed by atoms with Crippen LogP contribution in [0.4, 0.5) is 0 Å². The van der Waals surface area contributed by atoms with E-state index in [0.717, 1.165) is 17.0 Å². The highest BCUT2D eigenvalue weighted by molar-refractivity contribution is 5.35. The van der Waals surface area contributed by atoms with Gasteiger partial charge in [0.1, 0.15) is 5.69 Å². The van der Waals surface area contributed by atoms with Crippen molar-refractivity contribution < 1.29 is 4.74 Å². The summed E-state index contributed by atoms with van der Waals surface area (Å²) in [5.74, 6) is 0.685.